The van der Waals surface area contributed by atoms with Crippen LogP contribution in [0, 0.1) is 0 Å². The van der Waals surface area contributed by atoms with Gasteiger partial charge in [0, 0.05) is 26.6 Å². The maximum atomic E-state index is 12.2. The minimum atomic E-state index is -3.32. The number of hydrogen-bond donors (Lipinski definition) is 0. The normalized spacial score (nSPS) is 25.2. The zero-order chi connectivity index (χ0) is 14.5. The fourth-order valence-corrected chi connectivity index (χ4v) is 3.84. The third kappa shape index (κ3) is 4.74. The SMILES string of the molecule is COC(=O)CCCS(=O)(=O)N1CCCC(C)(OC)C1. The van der Waals surface area contributed by atoms with E-state index >= 15 is 0 Å². The highest BCUT2D eigenvalue weighted by molar-refractivity contribution is 7.89. The van der Waals surface area contributed by atoms with Crippen molar-refractivity contribution in [1.82, 2.24) is 4.31 Å². The number of rotatable bonds is 6. The summed E-state index contributed by atoms with van der Waals surface area (Å²) in [7, 11) is -0.421. The molecule has 1 rings (SSSR count). The van der Waals surface area contributed by atoms with Crippen molar-refractivity contribution in [1.29, 1.82) is 0 Å². The van der Waals surface area contributed by atoms with Crippen LogP contribution in [0.15, 0.2) is 0 Å². The van der Waals surface area contributed by atoms with Crippen molar-refractivity contribution >= 4 is 16.0 Å². The fraction of sp³-hybridized carbons (Fsp3) is 0.917. The molecule has 1 saturated heterocycles. The van der Waals surface area contributed by atoms with E-state index in [9.17, 15) is 13.2 Å². The molecule has 0 aromatic rings. The predicted molar refractivity (Wildman–Crippen MR) is 71.3 cm³/mol. The van der Waals surface area contributed by atoms with Crippen molar-refractivity contribution in [3.05, 3.63) is 0 Å². The number of sulfonamides is 1. The molecule has 7 heteroatoms. The summed E-state index contributed by atoms with van der Waals surface area (Å²) in [5.74, 6) is -0.405. The van der Waals surface area contributed by atoms with E-state index in [4.69, 9.17) is 4.74 Å². The van der Waals surface area contributed by atoms with E-state index in [0.717, 1.165) is 12.8 Å². The summed E-state index contributed by atoms with van der Waals surface area (Å²) in [6, 6.07) is 0. The predicted octanol–water partition coefficient (Wildman–Crippen LogP) is 0.770. The first-order chi connectivity index (χ1) is 8.83. The van der Waals surface area contributed by atoms with Crippen molar-refractivity contribution in [2.45, 2.75) is 38.2 Å². The zero-order valence-electron chi connectivity index (χ0n) is 11.8. The highest BCUT2D eigenvalue weighted by Crippen LogP contribution is 2.26. The summed E-state index contributed by atoms with van der Waals surface area (Å²) >= 11 is 0. The molecule has 0 spiro atoms. The van der Waals surface area contributed by atoms with Crippen molar-refractivity contribution in [2.75, 3.05) is 33.1 Å². The highest BCUT2D eigenvalue weighted by Gasteiger charge is 2.36. The first-order valence-corrected chi connectivity index (χ1v) is 8.04. The first kappa shape index (κ1) is 16.4. The molecule has 112 valence electrons. The Balaban J connectivity index is 2.55. The molecule has 6 nitrogen and oxygen atoms in total. The molecule has 1 heterocycles. The van der Waals surface area contributed by atoms with Crippen molar-refractivity contribution in [3.8, 4) is 0 Å². The minimum Gasteiger partial charge on any atom is -0.469 e. The van der Waals surface area contributed by atoms with Gasteiger partial charge in [0.25, 0.3) is 0 Å². The third-order valence-corrected chi connectivity index (χ3v) is 5.42. The van der Waals surface area contributed by atoms with Gasteiger partial charge in [-0.25, -0.2) is 8.42 Å². The lowest BCUT2D eigenvalue weighted by Gasteiger charge is -2.38. The second-order valence-corrected chi connectivity index (χ2v) is 7.18. The maximum Gasteiger partial charge on any atom is 0.305 e. The standard InChI is InChI=1S/C12H23NO5S/c1-12(18-3)7-5-8-13(10-12)19(15,16)9-4-6-11(14)17-2/h4-10H2,1-3H3. The van der Waals surface area contributed by atoms with Gasteiger partial charge in [0.2, 0.25) is 10.0 Å². The quantitative estimate of drug-likeness (QED) is 0.676. The Hall–Kier alpha value is -0.660. The molecule has 0 aromatic heterocycles. The van der Waals surface area contributed by atoms with Crippen LogP contribution in [0.2, 0.25) is 0 Å². The van der Waals surface area contributed by atoms with Crippen LogP contribution in [0.25, 0.3) is 0 Å². The Kier molecular flexibility index (Phi) is 5.76. The van der Waals surface area contributed by atoms with Crippen LogP contribution in [-0.2, 0) is 24.3 Å². The summed E-state index contributed by atoms with van der Waals surface area (Å²) in [6.45, 7) is 2.83. The average molecular weight is 293 g/mol. The van der Waals surface area contributed by atoms with Crippen LogP contribution >= 0.6 is 0 Å². The molecule has 0 aliphatic carbocycles. The number of carbonyl (C=O) groups is 1. The van der Waals surface area contributed by atoms with Crippen molar-refractivity contribution < 1.29 is 22.7 Å². The van der Waals surface area contributed by atoms with E-state index in [2.05, 4.69) is 4.74 Å². The van der Waals surface area contributed by atoms with E-state index in [-0.39, 0.29) is 24.6 Å². The van der Waals surface area contributed by atoms with Gasteiger partial charge >= 0.3 is 5.97 Å². The topological polar surface area (TPSA) is 72.9 Å². The van der Waals surface area contributed by atoms with Crippen LogP contribution in [-0.4, -0.2) is 57.4 Å². The van der Waals surface area contributed by atoms with E-state index in [1.54, 1.807) is 7.11 Å². The molecule has 1 unspecified atom stereocenters. The van der Waals surface area contributed by atoms with Crippen LogP contribution in [0.5, 0.6) is 0 Å². The monoisotopic (exact) mass is 293 g/mol. The molecule has 0 N–H and O–H groups in total. The number of ether oxygens (including phenoxy) is 2. The second-order valence-electron chi connectivity index (χ2n) is 5.09. The molecular formula is C12H23NO5S. The van der Waals surface area contributed by atoms with Gasteiger partial charge in [-0.05, 0) is 26.2 Å². The number of piperidine rings is 1. The molecule has 1 fully saturated rings. The number of hydrogen-bond acceptors (Lipinski definition) is 5. The van der Waals surface area contributed by atoms with Gasteiger partial charge < -0.3 is 9.47 Å². The van der Waals surface area contributed by atoms with Gasteiger partial charge in [0.05, 0.1) is 18.5 Å². The fourth-order valence-electron chi connectivity index (χ4n) is 2.19. The zero-order valence-corrected chi connectivity index (χ0v) is 12.7. The molecule has 1 atom stereocenters. The Morgan fingerprint density at radius 3 is 2.63 bits per heavy atom. The van der Waals surface area contributed by atoms with E-state index in [0.29, 0.717) is 13.1 Å². The molecule has 19 heavy (non-hydrogen) atoms. The van der Waals surface area contributed by atoms with Gasteiger partial charge in [-0.15, -0.1) is 0 Å². The number of nitrogens with zero attached hydrogens (tertiary/aromatic N) is 1. The Bertz CT molecular complexity index is 408. The number of methoxy groups -OCH3 is 2. The second kappa shape index (κ2) is 6.67. The molecule has 0 saturated carbocycles. The maximum absolute atomic E-state index is 12.2. The largest absolute Gasteiger partial charge is 0.469 e. The number of carbonyl (C=O) groups excluding carboxylic acids is 1. The lowest BCUT2D eigenvalue weighted by atomic mass is 9.96. The highest BCUT2D eigenvalue weighted by atomic mass is 32.2. The van der Waals surface area contributed by atoms with E-state index < -0.39 is 15.6 Å². The molecule has 0 amide bonds. The summed E-state index contributed by atoms with van der Waals surface area (Å²) in [5.41, 5.74) is -0.409. The first-order valence-electron chi connectivity index (χ1n) is 6.43. The molecule has 0 radical (unpaired) electrons. The lowest BCUT2D eigenvalue weighted by Crippen LogP contribution is -2.50. The molecule has 1 aliphatic rings. The van der Waals surface area contributed by atoms with E-state index in [1.807, 2.05) is 6.92 Å². The molecule has 0 aromatic carbocycles. The molecular weight excluding hydrogens is 270 g/mol. The number of esters is 1. The van der Waals surface area contributed by atoms with Crippen LogP contribution < -0.4 is 0 Å². The summed E-state index contributed by atoms with van der Waals surface area (Å²) in [5, 5.41) is 0. The minimum absolute atomic E-state index is 0.0259. The smallest absolute Gasteiger partial charge is 0.305 e. The van der Waals surface area contributed by atoms with Gasteiger partial charge in [-0.1, -0.05) is 0 Å². The Labute approximate surface area is 115 Å². The van der Waals surface area contributed by atoms with Crippen molar-refractivity contribution in [2.24, 2.45) is 0 Å². The Morgan fingerprint density at radius 2 is 2.05 bits per heavy atom. The lowest BCUT2D eigenvalue weighted by molar-refractivity contribution is -0.140. The third-order valence-electron chi connectivity index (χ3n) is 3.52. The van der Waals surface area contributed by atoms with Crippen LogP contribution in [0.4, 0.5) is 0 Å². The molecule has 1 aliphatic heterocycles. The van der Waals surface area contributed by atoms with Gasteiger partial charge in [-0.3, -0.25) is 4.79 Å². The van der Waals surface area contributed by atoms with E-state index in [1.165, 1.54) is 11.4 Å². The van der Waals surface area contributed by atoms with Gasteiger partial charge in [-0.2, -0.15) is 4.31 Å². The van der Waals surface area contributed by atoms with Crippen molar-refractivity contribution in [3.63, 3.8) is 0 Å². The Morgan fingerprint density at radius 1 is 1.37 bits per heavy atom. The van der Waals surface area contributed by atoms with Crippen LogP contribution in [0.3, 0.4) is 0 Å². The van der Waals surface area contributed by atoms with Gasteiger partial charge in [0.15, 0.2) is 0 Å². The van der Waals surface area contributed by atoms with Crippen LogP contribution in [0.1, 0.15) is 32.6 Å². The average Bonchev–Trinajstić information content (AvgIpc) is 2.38. The molecule has 0 bridgehead atoms. The summed E-state index contributed by atoms with van der Waals surface area (Å²) < 4.78 is 35.7. The summed E-state index contributed by atoms with van der Waals surface area (Å²) in [4.78, 5) is 11.0. The van der Waals surface area contributed by atoms with Gasteiger partial charge in [0.1, 0.15) is 0 Å². The summed E-state index contributed by atoms with van der Waals surface area (Å²) in [6.07, 6.45) is 2.07.